The van der Waals surface area contributed by atoms with Crippen LogP contribution in [0.4, 0.5) is 17.6 Å². The summed E-state index contributed by atoms with van der Waals surface area (Å²) in [5.74, 6) is -4.42. The van der Waals surface area contributed by atoms with E-state index >= 15 is 0 Å². The molecule has 2 amide bonds. The standard InChI is InChI=1S/C24H37F4N3O8/c1-14(2)8-16(20(34)24(3)13-39-24)30-21(35)15(11-37-22(25)26)9-18(32)17(12-38-23(27)28)29-19(33)10-31-4-6-36-7-5-31/h14-17,22-23H,4-13H2,1-3H3,(H,29,33)(H,30,35)/t15-,16-,17-,24+/m0/s1. The van der Waals surface area contributed by atoms with E-state index in [0.29, 0.717) is 26.3 Å². The Kier molecular flexibility index (Phi) is 13.2. The van der Waals surface area contributed by atoms with Crippen molar-refractivity contribution in [2.24, 2.45) is 11.8 Å². The topological polar surface area (TPSA) is 136 Å². The number of nitrogens with one attached hydrogen (secondary N) is 2. The van der Waals surface area contributed by atoms with Crippen molar-refractivity contribution in [3.05, 3.63) is 0 Å². The minimum Gasteiger partial charge on any atom is -0.379 e. The second-order valence-electron chi connectivity index (χ2n) is 10.1. The largest absolute Gasteiger partial charge is 0.379 e. The zero-order valence-corrected chi connectivity index (χ0v) is 22.3. The number of morpholine rings is 1. The molecule has 0 unspecified atom stereocenters. The molecule has 4 atom stereocenters. The molecule has 2 fully saturated rings. The Bertz CT molecular complexity index is 838. The fourth-order valence-corrected chi connectivity index (χ4v) is 4.00. The van der Waals surface area contributed by atoms with Gasteiger partial charge in [-0.2, -0.15) is 17.6 Å². The maximum atomic E-state index is 13.1. The minimum atomic E-state index is -3.26. The number of alkyl halides is 4. The molecule has 0 bridgehead atoms. The van der Waals surface area contributed by atoms with Gasteiger partial charge in [-0.1, -0.05) is 13.8 Å². The van der Waals surface area contributed by atoms with Crippen LogP contribution in [0, 0.1) is 11.8 Å². The van der Waals surface area contributed by atoms with Crippen molar-refractivity contribution in [3.63, 3.8) is 0 Å². The van der Waals surface area contributed by atoms with E-state index in [2.05, 4.69) is 20.1 Å². The molecule has 15 heteroatoms. The monoisotopic (exact) mass is 571 g/mol. The number of hydrogen-bond donors (Lipinski definition) is 2. The van der Waals surface area contributed by atoms with Crippen molar-refractivity contribution in [1.82, 2.24) is 15.5 Å². The highest BCUT2D eigenvalue weighted by Crippen LogP contribution is 2.30. The van der Waals surface area contributed by atoms with Gasteiger partial charge in [0.25, 0.3) is 0 Å². The van der Waals surface area contributed by atoms with Gasteiger partial charge in [0.15, 0.2) is 11.6 Å². The summed E-state index contributed by atoms with van der Waals surface area (Å²) in [5, 5.41) is 4.83. The summed E-state index contributed by atoms with van der Waals surface area (Å²) in [5.41, 5.74) is -1.07. The van der Waals surface area contributed by atoms with Crippen LogP contribution in [0.3, 0.4) is 0 Å². The Morgan fingerprint density at radius 2 is 1.54 bits per heavy atom. The molecule has 2 aliphatic rings. The maximum Gasteiger partial charge on any atom is 0.345 e. The molecule has 2 rings (SSSR count). The molecule has 2 aliphatic heterocycles. The Morgan fingerprint density at radius 1 is 0.949 bits per heavy atom. The lowest BCUT2D eigenvalue weighted by Gasteiger charge is -2.27. The van der Waals surface area contributed by atoms with Gasteiger partial charge in [-0.15, -0.1) is 0 Å². The Balaban J connectivity index is 2.12. The second-order valence-corrected chi connectivity index (χ2v) is 10.1. The van der Waals surface area contributed by atoms with Crippen molar-refractivity contribution in [2.75, 3.05) is 52.7 Å². The minimum absolute atomic E-state index is 0.0310. The van der Waals surface area contributed by atoms with Crippen LogP contribution in [-0.2, 0) is 38.1 Å². The summed E-state index contributed by atoms with van der Waals surface area (Å²) in [7, 11) is 0. The van der Waals surface area contributed by atoms with Crippen LogP contribution in [0.25, 0.3) is 0 Å². The molecule has 39 heavy (non-hydrogen) atoms. The second kappa shape index (κ2) is 15.6. The first-order valence-corrected chi connectivity index (χ1v) is 12.7. The fraction of sp³-hybridized carbons (Fsp3) is 0.833. The maximum absolute atomic E-state index is 13.1. The third-order valence-electron chi connectivity index (χ3n) is 6.26. The quantitative estimate of drug-likeness (QED) is 0.180. The number of halogens is 4. The number of hydrogen-bond acceptors (Lipinski definition) is 9. The van der Waals surface area contributed by atoms with E-state index in [1.807, 2.05) is 13.8 Å². The predicted octanol–water partition coefficient (Wildman–Crippen LogP) is 0.746. The van der Waals surface area contributed by atoms with Crippen LogP contribution in [0.1, 0.15) is 33.6 Å². The van der Waals surface area contributed by atoms with Gasteiger partial charge in [0.05, 0.1) is 51.5 Å². The number of Topliss-reactive ketones (excluding diaryl/α,β-unsaturated/α-hetero) is 2. The highest BCUT2D eigenvalue weighted by Gasteiger charge is 2.50. The van der Waals surface area contributed by atoms with Gasteiger partial charge in [-0.25, -0.2) is 0 Å². The zero-order valence-electron chi connectivity index (χ0n) is 22.3. The van der Waals surface area contributed by atoms with Crippen molar-refractivity contribution in [3.8, 4) is 0 Å². The number of nitrogens with zero attached hydrogens (tertiary/aromatic N) is 1. The van der Waals surface area contributed by atoms with Crippen molar-refractivity contribution >= 4 is 23.4 Å². The number of ether oxygens (including phenoxy) is 4. The first kappa shape index (κ1) is 33.0. The molecule has 0 spiro atoms. The lowest BCUT2D eigenvalue weighted by molar-refractivity contribution is -0.155. The van der Waals surface area contributed by atoms with E-state index in [9.17, 15) is 36.7 Å². The van der Waals surface area contributed by atoms with Crippen molar-refractivity contribution in [1.29, 1.82) is 0 Å². The van der Waals surface area contributed by atoms with Crippen LogP contribution in [0.2, 0.25) is 0 Å². The molecule has 11 nitrogen and oxygen atoms in total. The lowest BCUT2D eigenvalue weighted by atomic mass is 9.92. The van der Waals surface area contributed by atoms with Gasteiger partial charge in [0.2, 0.25) is 11.8 Å². The molecular formula is C24H37F4N3O8. The van der Waals surface area contributed by atoms with Crippen molar-refractivity contribution < 1.29 is 55.7 Å². The van der Waals surface area contributed by atoms with E-state index < -0.39 is 79.8 Å². The van der Waals surface area contributed by atoms with E-state index in [1.54, 1.807) is 11.8 Å². The van der Waals surface area contributed by atoms with Gasteiger partial charge in [0, 0.05) is 19.5 Å². The predicted molar refractivity (Wildman–Crippen MR) is 127 cm³/mol. The van der Waals surface area contributed by atoms with Crippen LogP contribution in [0.15, 0.2) is 0 Å². The number of epoxide rings is 1. The molecule has 2 N–H and O–H groups in total. The van der Waals surface area contributed by atoms with E-state index in [0.717, 1.165) is 0 Å². The van der Waals surface area contributed by atoms with Crippen LogP contribution in [-0.4, -0.2) is 112 Å². The highest BCUT2D eigenvalue weighted by molar-refractivity contribution is 5.98. The number of amides is 2. The smallest absolute Gasteiger partial charge is 0.345 e. The summed E-state index contributed by atoms with van der Waals surface area (Å²) < 4.78 is 69.9. The van der Waals surface area contributed by atoms with Crippen LogP contribution >= 0.6 is 0 Å². The zero-order chi connectivity index (χ0) is 29.2. The molecule has 0 aromatic carbocycles. The Hall–Kier alpha value is -2.20. The first-order valence-electron chi connectivity index (χ1n) is 12.7. The van der Waals surface area contributed by atoms with E-state index in [-0.39, 0.29) is 25.5 Å². The van der Waals surface area contributed by atoms with E-state index in [1.165, 1.54) is 0 Å². The lowest BCUT2D eigenvalue weighted by Crippen LogP contribution is -2.52. The summed E-state index contributed by atoms with van der Waals surface area (Å²) in [6, 6.07) is -2.60. The summed E-state index contributed by atoms with van der Waals surface area (Å²) in [4.78, 5) is 53.2. The van der Waals surface area contributed by atoms with Gasteiger partial charge in [0.1, 0.15) is 11.6 Å². The molecule has 0 aromatic rings. The number of ketones is 2. The SMILES string of the molecule is CC(C)C[C@H](NC(=O)[C@H](COC(F)F)CC(=O)[C@H](COC(F)F)NC(=O)CN1CCOCC1)C(=O)[C@@]1(C)CO1. The third-order valence-corrected chi connectivity index (χ3v) is 6.26. The molecule has 0 aromatic heterocycles. The molecule has 224 valence electrons. The average Bonchev–Trinajstić information content (AvgIpc) is 3.61. The van der Waals surface area contributed by atoms with E-state index in [4.69, 9.17) is 9.47 Å². The van der Waals surface area contributed by atoms with Crippen molar-refractivity contribution in [2.45, 2.75) is 64.5 Å². The number of carbonyl (C=O) groups is 4. The summed E-state index contributed by atoms with van der Waals surface area (Å²) in [6.07, 6.45) is -0.521. The summed E-state index contributed by atoms with van der Waals surface area (Å²) in [6.45, 7) is -1.37. The number of carbonyl (C=O) groups excluding carboxylic acids is 4. The number of rotatable bonds is 18. The Morgan fingerprint density at radius 3 is 2.08 bits per heavy atom. The molecule has 2 heterocycles. The molecular weight excluding hydrogens is 534 g/mol. The normalized spacial score (nSPS) is 22.0. The highest BCUT2D eigenvalue weighted by atomic mass is 19.3. The molecule has 0 aliphatic carbocycles. The van der Waals surface area contributed by atoms with Crippen LogP contribution < -0.4 is 10.6 Å². The van der Waals surface area contributed by atoms with Gasteiger partial charge < -0.3 is 29.6 Å². The molecule has 2 saturated heterocycles. The Labute approximate surface area is 224 Å². The summed E-state index contributed by atoms with van der Waals surface area (Å²) >= 11 is 0. The fourth-order valence-electron chi connectivity index (χ4n) is 4.00. The van der Waals surface area contributed by atoms with Gasteiger partial charge >= 0.3 is 13.2 Å². The molecule has 0 saturated carbocycles. The third kappa shape index (κ3) is 11.8. The van der Waals surface area contributed by atoms with Gasteiger partial charge in [-0.3, -0.25) is 24.1 Å². The molecule has 0 radical (unpaired) electrons. The van der Waals surface area contributed by atoms with Crippen LogP contribution in [0.5, 0.6) is 0 Å². The first-order chi connectivity index (χ1) is 18.3. The average molecular weight is 572 g/mol. The van der Waals surface area contributed by atoms with Gasteiger partial charge in [-0.05, 0) is 19.3 Å².